The molecular weight excluding hydrogens is 314 g/mol. The number of benzene rings is 2. The Bertz CT molecular complexity index is 742. The summed E-state index contributed by atoms with van der Waals surface area (Å²) in [4.78, 5) is 15.0. The number of hydrogen-bond donors (Lipinski definition) is 0. The van der Waals surface area contributed by atoms with Gasteiger partial charge in [0.15, 0.2) is 11.5 Å². The zero-order valence-electron chi connectivity index (χ0n) is 15.1. The van der Waals surface area contributed by atoms with E-state index in [1.807, 2.05) is 42.2 Å². The third-order valence-electron chi connectivity index (χ3n) is 4.90. The van der Waals surface area contributed by atoms with Gasteiger partial charge >= 0.3 is 0 Å². The zero-order chi connectivity index (χ0) is 17.8. The lowest BCUT2D eigenvalue weighted by Crippen LogP contribution is -2.35. The van der Waals surface area contributed by atoms with Crippen LogP contribution in [0.25, 0.3) is 0 Å². The standard InChI is InChI=1S/C21H25NO3/c1-4-22-14-18-13-20(25-3)19(24-2)12-16(18)11-17(21(22)23)10-15-8-6-5-7-9-15/h5-9,12-13,17H,4,10-11,14H2,1-3H3/t17-/m0/s1. The average Bonchev–Trinajstić information content (AvgIpc) is 2.78. The van der Waals surface area contributed by atoms with E-state index < -0.39 is 0 Å². The largest absolute Gasteiger partial charge is 0.493 e. The fourth-order valence-corrected chi connectivity index (χ4v) is 3.52. The van der Waals surface area contributed by atoms with Gasteiger partial charge in [-0.15, -0.1) is 0 Å². The van der Waals surface area contributed by atoms with Crippen molar-refractivity contribution >= 4 is 5.91 Å². The molecule has 0 radical (unpaired) electrons. The molecule has 2 aromatic carbocycles. The van der Waals surface area contributed by atoms with E-state index in [0.29, 0.717) is 18.8 Å². The minimum Gasteiger partial charge on any atom is -0.493 e. The fourth-order valence-electron chi connectivity index (χ4n) is 3.52. The quantitative estimate of drug-likeness (QED) is 0.837. The van der Waals surface area contributed by atoms with Gasteiger partial charge in [0, 0.05) is 19.0 Å². The molecule has 0 saturated carbocycles. The molecule has 3 rings (SSSR count). The second kappa shape index (κ2) is 7.60. The van der Waals surface area contributed by atoms with E-state index in [2.05, 4.69) is 12.1 Å². The molecule has 0 fully saturated rings. The third-order valence-corrected chi connectivity index (χ3v) is 4.90. The number of nitrogens with zero attached hydrogens (tertiary/aromatic N) is 1. The van der Waals surface area contributed by atoms with Crippen LogP contribution in [-0.4, -0.2) is 31.6 Å². The summed E-state index contributed by atoms with van der Waals surface area (Å²) >= 11 is 0. The highest BCUT2D eigenvalue weighted by Crippen LogP contribution is 2.34. The highest BCUT2D eigenvalue weighted by molar-refractivity contribution is 5.80. The Morgan fingerprint density at radius 1 is 1.04 bits per heavy atom. The Hall–Kier alpha value is -2.49. The summed E-state index contributed by atoms with van der Waals surface area (Å²) in [6.07, 6.45) is 1.48. The van der Waals surface area contributed by atoms with Gasteiger partial charge in [0.2, 0.25) is 5.91 Å². The monoisotopic (exact) mass is 339 g/mol. The molecule has 4 heteroatoms. The van der Waals surface area contributed by atoms with E-state index in [9.17, 15) is 4.79 Å². The van der Waals surface area contributed by atoms with E-state index in [-0.39, 0.29) is 11.8 Å². The number of hydrogen-bond acceptors (Lipinski definition) is 3. The van der Waals surface area contributed by atoms with Gasteiger partial charge in [-0.3, -0.25) is 4.79 Å². The van der Waals surface area contributed by atoms with Crippen molar-refractivity contribution in [3.63, 3.8) is 0 Å². The van der Waals surface area contributed by atoms with Gasteiger partial charge in [-0.2, -0.15) is 0 Å². The van der Waals surface area contributed by atoms with Gasteiger partial charge < -0.3 is 14.4 Å². The van der Waals surface area contributed by atoms with Crippen molar-refractivity contribution in [1.29, 1.82) is 0 Å². The van der Waals surface area contributed by atoms with Crippen molar-refractivity contribution in [2.24, 2.45) is 5.92 Å². The third kappa shape index (κ3) is 3.63. The smallest absolute Gasteiger partial charge is 0.226 e. The topological polar surface area (TPSA) is 38.8 Å². The molecular formula is C21H25NO3. The number of ether oxygens (including phenoxy) is 2. The molecule has 0 spiro atoms. The van der Waals surface area contributed by atoms with Gasteiger partial charge in [0.25, 0.3) is 0 Å². The van der Waals surface area contributed by atoms with Crippen molar-refractivity contribution < 1.29 is 14.3 Å². The summed E-state index contributed by atoms with van der Waals surface area (Å²) in [5, 5.41) is 0. The van der Waals surface area contributed by atoms with Crippen LogP contribution in [0.15, 0.2) is 42.5 Å². The molecule has 0 unspecified atom stereocenters. The van der Waals surface area contributed by atoms with Gasteiger partial charge in [-0.1, -0.05) is 30.3 Å². The molecule has 1 amide bonds. The molecule has 1 aliphatic rings. The van der Waals surface area contributed by atoms with E-state index in [0.717, 1.165) is 24.2 Å². The van der Waals surface area contributed by atoms with Gasteiger partial charge in [-0.25, -0.2) is 0 Å². The first kappa shape index (κ1) is 17.3. The second-order valence-corrected chi connectivity index (χ2v) is 6.42. The number of rotatable bonds is 5. The first-order valence-corrected chi connectivity index (χ1v) is 8.72. The molecule has 4 nitrogen and oxygen atoms in total. The summed E-state index contributed by atoms with van der Waals surface area (Å²) < 4.78 is 10.9. The molecule has 0 aliphatic carbocycles. The molecule has 1 heterocycles. The summed E-state index contributed by atoms with van der Waals surface area (Å²) in [6, 6.07) is 14.3. The number of carbonyl (C=O) groups excluding carboxylic acids is 1. The Balaban J connectivity index is 1.97. The predicted molar refractivity (Wildman–Crippen MR) is 98.0 cm³/mol. The maximum atomic E-state index is 13.0. The van der Waals surface area contributed by atoms with E-state index in [1.165, 1.54) is 11.1 Å². The van der Waals surface area contributed by atoms with Gasteiger partial charge in [-0.05, 0) is 48.6 Å². The Kier molecular flexibility index (Phi) is 5.27. The molecule has 25 heavy (non-hydrogen) atoms. The van der Waals surface area contributed by atoms with Crippen LogP contribution in [0.5, 0.6) is 11.5 Å². The molecule has 0 bridgehead atoms. The number of carbonyl (C=O) groups is 1. The lowest BCUT2D eigenvalue weighted by molar-refractivity contribution is -0.135. The maximum absolute atomic E-state index is 13.0. The number of amides is 1. The van der Waals surface area contributed by atoms with Gasteiger partial charge in [0.05, 0.1) is 14.2 Å². The van der Waals surface area contributed by atoms with Crippen molar-refractivity contribution in [3.05, 3.63) is 59.2 Å². The van der Waals surface area contributed by atoms with Crippen molar-refractivity contribution in [2.75, 3.05) is 20.8 Å². The Morgan fingerprint density at radius 2 is 1.68 bits per heavy atom. The zero-order valence-corrected chi connectivity index (χ0v) is 15.1. The molecule has 1 aliphatic heterocycles. The summed E-state index contributed by atoms with van der Waals surface area (Å²) in [5.41, 5.74) is 3.51. The molecule has 0 aromatic heterocycles. The Labute approximate surface area is 149 Å². The Morgan fingerprint density at radius 3 is 2.28 bits per heavy atom. The first-order valence-electron chi connectivity index (χ1n) is 8.72. The van der Waals surface area contributed by atoms with Crippen molar-refractivity contribution in [2.45, 2.75) is 26.3 Å². The molecule has 1 atom stereocenters. The number of methoxy groups -OCH3 is 2. The van der Waals surface area contributed by atoms with Crippen LogP contribution in [0.3, 0.4) is 0 Å². The van der Waals surface area contributed by atoms with Crippen LogP contribution in [-0.2, 0) is 24.2 Å². The summed E-state index contributed by atoms with van der Waals surface area (Å²) in [7, 11) is 3.29. The van der Waals surface area contributed by atoms with Crippen LogP contribution in [0, 0.1) is 5.92 Å². The van der Waals surface area contributed by atoms with Crippen LogP contribution < -0.4 is 9.47 Å². The second-order valence-electron chi connectivity index (χ2n) is 6.42. The van der Waals surface area contributed by atoms with E-state index in [1.54, 1.807) is 14.2 Å². The SMILES string of the molecule is CCN1Cc2cc(OC)c(OC)cc2C[C@H](Cc2ccccc2)C1=O. The normalized spacial score (nSPS) is 17.0. The van der Waals surface area contributed by atoms with E-state index >= 15 is 0 Å². The minimum atomic E-state index is -0.0540. The highest BCUT2D eigenvalue weighted by Gasteiger charge is 2.30. The number of fused-ring (bicyclic) bond motifs is 1. The molecule has 0 saturated heterocycles. The fraction of sp³-hybridized carbons (Fsp3) is 0.381. The molecule has 2 aromatic rings. The predicted octanol–water partition coefficient (Wildman–Crippen LogP) is 3.47. The van der Waals surface area contributed by atoms with Crippen LogP contribution >= 0.6 is 0 Å². The average molecular weight is 339 g/mol. The van der Waals surface area contributed by atoms with Crippen LogP contribution in [0.4, 0.5) is 0 Å². The molecule has 132 valence electrons. The van der Waals surface area contributed by atoms with Crippen LogP contribution in [0.2, 0.25) is 0 Å². The maximum Gasteiger partial charge on any atom is 0.226 e. The van der Waals surface area contributed by atoms with Crippen molar-refractivity contribution in [3.8, 4) is 11.5 Å². The first-order chi connectivity index (χ1) is 12.2. The van der Waals surface area contributed by atoms with Gasteiger partial charge in [0.1, 0.15) is 0 Å². The van der Waals surface area contributed by atoms with Crippen molar-refractivity contribution in [1.82, 2.24) is 4.90 Å². The lowest BCUT2D eigenvalue weighted by Gasteiger charge is -2.23. The summed E-state index contributed by atoms with van der Waals surface area (Å²) in [6.45, 7) is 3.36. The highest BCUT2D eigenvalue weighted by atomic mass is 16.5. The molecule has 0 N–H and O–H groups in total. The van der Waals surface area contributed by atoms with Crippen LogP contribution in [0.1, 0.15) is 23.6 Å². The lowest BCUT2D eigenvalue weighted by atomic mass is 9.91. The van der Waals surface area contributed by atoms with E-state index in [4.69, 9.17) is 9.47 Å². The summed E-state index contributed by atoms with van der Waals surface area (Å²) in [5.74, 6) is 1.60. The minimum absolute atomic E-state index is 0.0540.